The van der Waals surface area contributed by atoms with E-state index in [1.807, 2.05) is 24.3 Å². The molecule has 1 atom stereocenters. The van der Waals surface area contributed by atoms with Crippen molar-refractivity contribution in [2.45, 2.75) is 90.6 Å². The third-order valence-corrected chi connectivity index (χ3v) is 4.95. The minimum Gasteiger partial charge on any atom is -0.458 e. The second-order valence-corrected chi connectivity index (χ2v) is 7.56. The number of esters is 1. The monoisotopic (exact) mass is 398 g/mol. The maximum absolute atomic E-state index is 11.4. The topological polar surface area (TPSA) is 43.4 Å². The molecular formula is C26H38O3. The maximum atomic E-state index is 11.4. The van der Waals surface area contributed by atoms with Crippen molar-refractivity contribution >= 4 is 18.3 Å². The zero-order chi connectivity index (χ0) is 21.2. The predicted molar refractivity (Wildman–Crippen MR) is 122 cm³/mol. The van der Waals surface area contributed by atoms with Gasteiger partial charge >= 0.3 is 5.97 Å². The van der Waals surface area contributed by atoms with Crippen molar-refractivity contribution in [2.75, 3.05) is 0 Å². The van der Waals surface area contributed by atoms with Crippen LogP contribution in [0.4, 0.5) is 0 Å². The molecule has 29 heavy (non-hydrogen) atoms. The molecule has 160 valence electrons. The molecule has 1 aromatic carbocycles. The van der Waals surface area contributed by atoms with Crippen molar-refractivity contribution < 1.29 is 14.3 Å². The molecule has 0 fully saturated rings. The van der Waals surface area contributed by atoms with Crippen LogP contribution in [-0.2, 0) is 20.7 Å². The Labute approximate surface area is 177 Å². The standard InChI is InChI=1S/C26H38O3/c1-3-4-5-6-7-10-20-26(29-23(2)28)21-14-13-19-25-18-12-11-17-24(25)16-9-8-15-22-27/h11-14,17-19,21-22,26H,3-10,15-16,20H2,1-2H3/b19-13+,21-14+/t26-/m0/s1. The lowest BCUT2D eigenvalue weighted by molar-refractivity contribution is -0.144. The quantitative estimate of drug-likeness (QED) is 0.132. The maximum Gasteiger partial charge on any atom is 0.303 e. The minimum absolute atomic E-state index is 0.151. The first-order valence-corrected chi connectivity index (χ1v) is 11.2. The van der Waals surface area contributed by atoms with Gasteiger partial charge in [-0.25, -0.2) is 0 Å². The zero-order valence-electron chi connectivity index (χ0n) is 18.3. The number of aryl methyl sites for hydroxylation is 1. The van der Waals surface area contributed by atoms with Gasteiger partial charge in [-0.1, -0.05) is 81.5 Å². The number of carbonyl (C=O) groups is 2. The fraction of sp³-hybridized carbons (Fsp3) is 0.538. The molecule has 0 spiro atoms. The number of benzene rings is 1. The van der Waals surface area contributed by atoms with E-state index in [1.165, 1.54) is 50.2 Å². The number of aldehydes is 1. The van der Waals surface area contributed by atoms with Crippen LogP contribution in [0.1, 0.15) is 89.2 Å². The van der Waals surface area contributed by atoms with Gasteiger partial charge in [0.2, 0.25) is 0 Å². The average molecular weight is 399 g/mol. The molecule has 0 radical (unpaired) electrons. The van der Waals surface area contributed by atoms with E-state index in [0.717, 1.165) is 38.4 Å². The molecule has 0 bridgehead atoms. The highest BCUT2D eigenvalue weighted by molar-refractivity contribution is 5.66. The number of hydrogen-bond acceptors (Lipinski definition) is 3. The Kier molecular flexibility index (Phi) is 14.4. The lowest BCUT2D eigenvalue weighted by Crippen LogP contribution is -2.13. The third kappa shape index (κ3) is 12.8. The Morgan fingerprint density at radius 1 is 1.00 bits per heavy atom. The Bertz CT molecular complexity index is 631. The fourth-order valence-electron chi connectivity index (χ4n) is 3.35. The van der Waals surface area contributed by atoms with Gasteiger partial charge in [-0.3, -0.25) is 4.79 Å². The summed E-state index contributed by atoms with van der Waals surface area (Å²) in [6.45, 7) is 3.69. The van der Waals surface area contributed by atoms with Gasteiger partial charge in [0.25, 0.3) is 0 Å². The van der Waals surface area contributed by atoms with E-state index in [9.17, 15) is 9.59 Å². The number of carbonyl (C=O) groups excluding carboxylic acids is 2. The van der Waals surface area contributed by atoms with Crippen molar-refractivity contribution in [3.8, 4) is 0 Å². The second-order valence-electron chi connectivity index (χ2n) is 7.56. The highest BCUT2D eigenvalue weighted by atomic mass is 16.5. The average Bonchev–Trinajstić information content (AvgIpc) is 2.71. The van der Waals surface area contributed by atoms with E-state index in [1.54, 1.807) is 0 Å². The van der Waals surface area contributed by atoms with Gasteiger partial charge in [-0.05, 0) is 49.3 Å². The molecule has 0 unspecified atom stereocenters. The van der Waals surface area contributed by atoms with E-state index in [-0.39, 0.29) is 12.1 Å². The van der Waals surface area contributed by atoms with Crippen LogP contribution < -0.4 is 0 Å². The van der Waals surface area contributed by atoms with Crippen molar-refractivity contribution in [2.24, 2.45) is 0 Å². The van der Waals surface area contributed by atoms with E-state index < -0.39 is 0 Å². The lowest BCUT2D eigenvalue weighted by Gasteiger charge is -2.12. The summed E-state index contributed by atoms with van der Waals surface area (Å²) >= 11 is 0. The number of rotatable bonds is 16. The molecule has 1 rings (SSSR count). The van der Waals surface area contributed by atoms with E-state index in [0.29, 0.717) is 6.42 Å². The second kappa shape index (κ2) is 16.8. The van der Waals surface area contributed by atoms with Gasteiger partial charge in [0.05, 0.1) is 0 Å². The van der Waals surface area contributed by atoms with Crippen LogP contribution in [0, 0.1) is 0 Å². The number of hydrogen-bond donors (Lipinski definition) is 0. The van der Waals surface area contributed by atoms with Crippen LogP contribution in [0.15, 0.2) is 42.5 Å². The highest BCUT2D eigenvalue weighted by Gasteiger charge is 2.07. The van der Waals surface area contributed by atoms with Crippen LogP contribution in [0.2, 0.25) is 0 Å². The molecule has 0 aliphatic carbocycles. The molecule has 0 heterocycles. The minimum atomic E-state index is -0.227. The third-order valence-electron chi connectivity index (χ3n) is 4.95. The van der Waals surface area contributed by atoms with Gasteiger partial charge in [0, 0.05) is 13.3 Å². The van der Waals surface area contributed by atoms with Crippen LogP contribution in [0.25, 0.3) is 6.08 Å². The van der Waals surface area contributed by atoms with Crippen molar-refractivity contribution in [1.29, 1.82) is 0 Å². The first kappa shape index (κ1) is 24.9. The summed E-state index contributed by atoms with van der Waals surface area (Å²) in [6.07, 6.45) is 20.7. The summed E-state index contributed by atoms with van der Waals surface area (Å²) < 4.78 is 5.44. The number of allylic oxidation sites excluding steroid dienone is 2. The number of ether oxygens (including phenoxy) is 1. The molecule has 0 saturated heterocycles. The van der Waals surface area contributed by atoms with E-state index in [4.69, 9.17) is 4.74 Å². The molecule has 0 aliphatic rings. The molecule has 0 aliphatic heterocycles. The molecule has 1 aromatic rings. The summed E-state index contributed by atoms with van der Waals surface area (Å²) in [5, 5.41) is 0. The Hall–Kier alpha value is -2.16. The molecular weight excluding hydrogens is 360 g/mol. The van der Waals surface area contributed by atoms with Crippen LogP contribution in [-0.4, -0.2) is 18.4 Å². The Balaban J connectivity index is 2.54. The van der Waals surface area contributed by atoms with Gasteiger partial charge in [0.15, 0.2) is 0 Å². The highest BCUT2D eigenvalue weighted by Crippen LogP contribution is 2.15. The van der Waals surface area contributed by atoms with E-state index in [2.05, 4.69) is 31.2 Å². The first-order valence-electron chi connectivity index (χ1n) is 11.2. The summed E-state index contributed by atoms with van der Waals surface area (Å²) in [5.41, 5.74) is 2.50. The first-order chi connectivity index (χ1) is 14.2. The molecule has 0 saturated carbocycles. The van der Waals surface area contributed by atoms with Gasteiger partial charge in [-0.15, -0.1) is 0 Å². The SMILES string of the molecule is CCCCCCCC[C@@H](/C=C/C=C/c1ccccc1CCCCC=O)OC(C)=O. The van der Waals surface area contributed by atoms with Crippen molar-refractivity contribution in [3.63, 3.8) is 0 Å². The lowest BCUT2D eigenvalue weighted by atomic mass is 10.0. The van der Waals surface area contributed by atoms with Crippen LogP contribution in [0.5, 0.6) is 0 Å². The van der Waals surface area contributed by atoms with Crippen molar-refractivity contribution in [1.82, 2.24) is 0 Å². The molecule has 3 heteroatoms. The molecule has 0 amide bonds. The summed E-state index contributed by atoms with van der Waals surface area (Å²) in [7, 11) is 0. The number of unbranched alkanes of at least 4 members (excludes halogenated alkanes) is 7. The smallest absolute Gasteiger partial charge is 0.303 e. The molecule has 0 N–H and O–H groups in total. The normalized spacial score (nSPS) is 12.5. The molecule has 3 nitrogen and oxygen atoms in total. The predicted octanol–water partition coefficient (Wildman–Crippen LogP) is 6.85. The van der Waals surface area contributed by atoms with Gasteiger partial charge in [-0.2, -0.15) is 0 Å². The van der Waals surface area contributed by atoms with Crippen LogP contribution >= 0.6 is 0 Å². The Morgan fingerprint density at radius 2 is 1.76 bits per heavy atom. The summed E-state index contributed by atoms with van der Waals surface area (Å²) in [6, 6.07) is 8.35. The summed E-state index contributed by atoms with van der Waals surface area (Å²) in [4.78, 5) is 21.8. The van der Waals surface area contributed by atoms with Gasteiger partial charge in [0.1, 0.15) is 12.4 Å². The van der Waals surface area contributed by atoms with Gasteiger partial charge < -0.3 is 9.53 Å². The van der Waals surface area contributed by atoms with Crippen LogP contribution in [0.3, 0.4) is 0 Å². The summed E-state index contributed by atoms with van der Waals surface area (Å²) in [5.74, 6) is -0.227. The zero-order valence-corrected chi connectivity index (χ0v) is 18.3. The largest absolute Gasteiger partial charge is 0.458 e. The van der Waals surface area contributed by atoms with E-state index >= 15 is 0 Å². The molecule has 0 aromatic heterocycles. The Morgan fingerprint density at radius 3 is 2.52 bits per heavy atom. The van der Waals surface area contributed by atoms with Crippen molar-refractivity contribution in [3.05, 3.63) is 53.6 Å². The fourth-order valence-corrected chi connectivity index (χ4v) is 3.35.